The van der Waals surface area contributed by atoms with E-state index in [1.807, 2.05) is 0 Å². The molecule has 2 saturated heterocycles. The van der Waals surface area contributed by atoms with Gasteiger partial charge in [-0.25, -0.2) is 8.78 Å². The summed E-state index contributed by atoms with van der Waals surface area (Å²) in [6.45, 7) is 0.431. The molecule has 26 heavy (non-hydrogen) atoms. The van der Waals surface area contributed by atoms with Gasteiger partial charge in [-0.1, -0.05) is 0 Å². The van der Waals surface area contributed by atoms with Crippen molar-refractivity contribution in [2.75, 3.05) is 6.54 Å². The fourth-order valence-electron chi connectivity index (χ4n) is 4.26. The Kier molecular flexibility index (Phi) is 5.20. The summed E-state index contributed by atoms with van der Waals surface area (Å²) in [7, 11) is 0. The van der Waals surface area contributed by atoms with Crippen molar-refractivity contribution in [3.63, 3.8) is 0 Å². The maximum absolute atomic E-state index is 13.2. The van der Waals surface area contributed by atoms with Crippen molar-refractivity contribution in [2.24, 2.45) is 0 Å². The number of hydrogen-bond acceptors (Lipinski definition) is 5. The highest BCUT2D eigenvalue weighted by molar-refractivity contribution is 5.77. The van der Waals surface area contributed by atoms with Crippen LogP contribution >= 0.6 is 0 Å². The molecule has 0 aromatic heterocycles. The summed E-state index contributed by atoms with van der Waals surface area (Å²) in [5.74, 6) is -2.54. The highest BCUT2D eigenvalue weighted by Crippen LogP contribution is 2.36. The van der Waals surface area contributed by atoms with E-state index >= 15 is 0 Å². The molecule has 0 spiro atoms. The third kappa shape index (κ3) is 4.35. The van der Waals surface area contributed by atoms with Gasteiger partial charge in [-0.15, -0.1) is 0 Å². The Morgan fingerprint density at radius 1 is 1.12 bits per heavy atom. The first kappa shape index (κ1) is 18.5. The monoisotopic (exact) mass is 374 g/mol. The van der Waals surface area contributed by atoms with Gasteiger partial charge in [-0.2, -0.15) is 0 Å². The summed E-state index contributed by atoms with van der Waals surface area (Å²) in [5, 5.41) is 16.7. The molecule has 2 saturated carbocycles. The summed E-state index contributed by atoms with van der Waals surface area (Å²) in [5.41, 5.74) is 0. The van der Waals surface area contributed by atoms with Gasteiger partial charge in [0.15, 0.2) is 0 Å². The molecule has 2 heterocycles. The molecular formula is C18H28F2N2O4. The third-order valence-corrected chi connectivity index (χ3v) is 5.96. The minimum atomic E-state index is -2.53. The van der Waals surface area contributed by atoms with Crippen LogP contribution in [0.2, 0.25) is 0 Å². The number of fused-ring (bicyclic) bond motifs is 1. The second-order valence-electron chi connectivity index (χ2n) is 8.25. The predicted molar refractivity (Wildman–Crippen MR) is 88.9 cm³/mol. The van der Waals surface area contributed by atoms with Crippen molar-refractivity contribution in [1.82, 2.24) is 10.6 Å². The molecule has 0 bridgehead atoms. The standard InChI is InChI=1S/C18H28F2N2O4/c19-18(20)5-3-10(4-6-18)21-9-14-16(24)17-13(26-14)7-12(25-17)8-15(23)22-11-1-2-11/h10-14,16-17,21,24H,1-9H2,(H,22,23)/t12-,13+,14+,16+,17-/m0/s1. The van der Waals surface area contributed by atoms with Crippen LogP contribution in [-0.2, 0) is 14.3 Å². The van der Waals surface area contributed by atoms with Gasteiger partial charge >= 0.3 is 0 Å². The van der Waals surface area contributed by atoms with Crippen LogP contribution in [0.15, 0.2) is 0 Å². The number of amides is 1. The molecule has 2 aliphatic carbocycles. The molecule has 6 nitrogen and oxygen atoms in total. The summed E-state index contributed by atoms with van der Waals surface area (Å²) in [4.78, 5) is 11.9. The Bertz CT molecular complexity index is 521. The van der Waals surface area contributed by atoms with E-state index in [9.17, 15) is 18.7 Å². The molecule has 5 atom stereocenters. The molecule has 4 rings (SSSR count). The molecular weight excluding hydrogens is 346 g/mol. The molecule has 2 aliphatic heterocycles. The van der Waals surface area contributed by atoms with Crippen LogP contribution in [0.3, 0.4) is 0 Å². The molecule has 3 N–H and O–H groups in total. The van der Waals surface area contributed by atoms with Gasteiger partial charge in [-0.3, -0.25) is 4.79 Å². The maximum Gasteiger partial charge on any atom is 0.248 e. The van der Waals surface area contributed by atoms with Crippen LogP contribution in [0.5, 0.6) is 0 Å². The van der Waals surface area contributed by atoms with Crippen LogP contribution in [0.25, 0.3) is 0 Å². The molecule has 4 aliphatic rings. The van der Waals surface area contributed by atoms with Crippen molar-refractivity contribution in [1.29, 1.82) is 0 Å². The molecule has 0 aromatic rings. The van der Waals surface area contributed by atoms with Gasteiger partial charge in [0.25, 0.3) is 0 Å². The van der Waals surface area contributed by atoms with Crippen molar-refractivity contribution in [3.05, 3.63) is 0 Å². The topological polar surface area (TPSA) is 79.8 Å². The van der Waals surface area contributed by atoms with Gasteiger partial charge < -0.3 is 25.2 Å². The number of aliphatic hydroxyl groups is 1. The normalized spacial score (nSPS) is 39.7. The van der Waals surface area contributed by atoms with Gasteiger partial charge in [0.1, 0.15) is 12.2 Å². The largest absolute Gasteiger partial charge is 0.388 e. The fourth-order valence-corrected chi connectivity index (χ4v) is 4.26. The van der Waals surface area contributed by atoms with Crippen LogP contribution in [0.1, 0.15) is 51.4 Å². The quantitative estimate of drug-likeness (QED) is 0.649. The van der Waals surface area contributed by atoms with E-state index in [1.54, 1.807) is 0 Å². The molecule has 0 unspecified atom stereocenters. The van der Waals surface area contributed by atoms with Crippen LogP contribution in [-0.4, -0.2) is 66.1 Å². The number of rotatable bonds is 6. The summed E-state index contributed by atoms with van der Waals surface area (Å²) in [6.07, 6.45) is 1.75. The summed E-state index contributed by atoms with van der Waals surface area (Å²) in [6, 6.07) is 0.381. The number of aliphatic hydroxyl groups excluding tert-OH is 1. The minimum absolute atomic E-state index is 0.000667. The number of alkyl halides is 2. The highest BCUT2D eigenvalue weighted by Gasteiger charge is 2.50. The SMILES string of the molecule is O=C(C[C@@H]1C[C@H]2O[C@H](CNC3CCC(F)(F)CC3)[C@@H](O)[C@H]2O1)NC1CC1. The Morgan fingerprint density at radius 2 is 1.85 bits per heavy atom. The summed E-state index contributed by atoms with van der Waals surface area (Å²) >= 11 is 0. The third-order valence-electron chi connectivity index (χ3n) is 5.96. The second kappa shape index (κ2) is 7.30. The molecule has 8 heteroatoms. The number of hydrogen-bond donors (Lipinski definition) is 3. The van der Waals surface area contributed by atoms with E-state index in [0.717, 1.165) is 12.8 Å². The van der Waals surface area contributed by atoms with E-state index in [2.05, 4.69) is 10.6 Å². The highest BCUT2D eigenvalue weighted by atomic mass is 19.3. The van der Waals surface area contributed by atoms with Crippen LogP contribution in [0.4, 0.5) is 8.78 Å². The lowest BCUT2D eigenvalue weighted by Gasteiger charge is -2.30. The Hall–Kier alpha value is -0.830. The first-order chi connectivity index (χ1) is 12.4. The first-order valence-corrected chi connectivity index (χ1v) is 9.79. The number of carbonyl (C=O) groups excluding carboxylic acids is 1. The molecule has 0 radical (unpaired) electrons. The number of halogens is 2. The van der Waals surface area contributed by atoms with Gasteiger partial charge in [0.05, 0.1) is 24.7 Å². The fraction of sp³-hybridized carbons (Fsp3) is 0.944. The van der Waals surface area contributed by atoms with Gasteiger partial charge in [-0.05, 0) is 25.7 Å². The smallest absolute Gasteiger partial charge is 0.248 e. The summed E-state index contributed by atoms with van der Waals surface area (Å²) < 4.78 is 38.2. The Morgan fingerprint density at radius 3 is 2.50 bits per heavy atom. The van der Waals surface area contributed by atoms with E-state index in [4.69, 9.17) is 9.47 Å². The lowest BCUT2D eigenvalue weighted by molar-refractivity contribution is -0.124. The second-order valence-corrected chi connectivity index (χ2v) is 8.25. The van der Waals surface area contributed by atoms with Crippen LogP contribution < -0.4 is 10.6 Å². The average molecular weight is 374 g/mol. The molecule has 4 fully saturated rings. The van der Waals surface area contributed by atoms with Crippen molar-refractivity contribution in [3.8, 4) is 0 Å². The van der Waals surface area contributed by atoms with E-state index in [1.165, 1.54) is 0 Å². The van der Waals surface area contributed by atoms with Crippen molar-refractivity contribution < 1.29 is 28.2 Å². The van der Waals surface area contributed by atoms with E-state index in [-0.39, 0.29) is 37.0 Å². The predicted octanol–water partition coefficient (Wildman–Crippen LogP) is 1.11. The lowest BCUT2D eigenvalue weighted by atomic mass is 9.92. The van der Waals surface area contributed by atoms with Gasteiger partial charge in [0.2, 0.25) is 11.8 Å². The Labute approximate surface area is 152 Å². The average Bonchev–Trinajstić information content (AvgIpc) is 3.23. The van der Waals surface area contributed by atoms with Crippen molar-refractivity contribution >= 4 is 5.91 Å². The van der Waals surface area contributed by atoms with Crippen LogP contribution in [0, 0.1) is 0 Å². The zero-order valence-corrected chi connectivity index (χ0v) is 14.8. The van der Waals surface area contributed by atoms with E-state index in [0.29, 0.717) is 38.3 Å². The zero-order valence-electron chi connectivity index (χ0n) is 14.8. The van der Waals surface area contributed by atoms with Crippen molar-refractivity contribution in [2.45, 2.75) is 99.9 Å². The number of carbonyl (C=O) groups is 1. The molecule has 1 amide bonds. The minimum Gasteiger partial charge on any atom is -0.388 e. The molecule has 148 valence electrons. The first-order valence-electron chi connectivity index (χ1n) is 9.79. The number of nitrogens with one attached hydrogen (secondary N) is 2. The van der Waals surface area contributed by atoms with Gasteiger partial charge in [0, 0.05) is 37.9 Å². The Balaban J connectivity index is 1.19. The molecule has 0 aromatic carbocycles. The zero-order chi connectivity index (χ0) is 18.3. The van der Waals surface area contributed by atoms with E-state index < -0.39 is 24.2 Å². The maximum atomic E-state index is 13.2. The number of ether oxygens (including phenoxy) is 2. The lowest BCUT2D eigenvalue weighted by Crippen LogP contribution is -2.44.